The molecule has 2 rings (SSSR count). The van der Waals surface area contributed by atoms with Crippen molar-refractivity contribution in [2.75, 3.05) is 10.7 Å². The first-order valence-electron chi connectivity index (χ1n) is 5.81. The van der Waals surface area contributed by atoms with E-state index in [1.807, 2.05) is 0 Å². The van der Waals surface area contributed by atoms with Crippen LogP contribution in [0.2, 0.25) is 0 Å². The lowest BCUT2D eigenvalue weighted by molar-refractivity contribution is 0.102. The quantitative estimate of drug-likeness (QED) is 0.526. The third-order valence-corrected chi connectivity index (χ3v) is 3.79. The molecule has 8 heteroatoms. The molecule has 21 heavy (non-hydrogen) atoms. The van der Waals surface area contributed by atoms with Gasteiger partial charge in [0.1, 0.15) is 5.82 Å². The van der Waals surface area contributed by atoms with Crippen LogP contribution in [0.3, 0.4) is 0 Å². The van der Waals surface area contributed by atoms with E-state index in [2.05, 4.69) is 47.6 Å². The highest BCUT2D eigenvalue weighted by Gasteiger charge is 2.15. The predicted octanol–water partition coefficient (Wildman–Crippen LogP) is 3.59. The van der Waals surface area contributed by atoms with Crippen molar-refractivity contribution in [3.05, 3.63) is 50.3 Å². The zero-order valence-corrected chi connectivity index (χ0v) is 14.0. The molecule has 2 aromatic rings. The van der Waals surface area contributed by atoms with Gasteiger partial charge in [-0.1, -0.05) is 0 Å². The third kappa shape index (κ3) is 3.58. The Morgan fingerprint density at radius 3 is 2.71 bits per heavy atom. The highest BCUT2D eigenvalue weighted by Crippen LogP contribution is 2.25. The molecule has 4 N–H and O–H groups in total. The Kier molecular flexibility index (Phi) is 4.92. The van der Waals surface area contributed by atoms with Gasteiger partial charge in [-0.15, -0.1) is 0 Å². The summed E-state index contributed by atoms with van der Waals surface area (Å²) in [6, 6.07) is 4.41. The maximum absolute atomic E-state index is 13.6. The Balaban J connectivity index is 2.34. The molecular weight excluding hydrogens is 407 g/mol. The summed E-state index contributed by atoms with van der Waals surface area (Å²) in [7, 11) is 0. The van der Waals surface area contributed by atoms with E-state index in [-0.39, 0.29) is 11.4 Å². The van der Waals surface area contributed by atoms with Gasteiger partial charge < -0.3 is 10.7 Å². The first kappa shape index (κ1) is 15.9. The molecule has 0 spiro atoms. The van der Waals surface area contributed by atoms with Crippen molar-refractivity contribution in [2.24, 2.45) is 5.84 Å². The van der Waals surface area contributed by atoms with Gasteiger partial charge in [-0.2, -0.15) is 0 Å². The molecule has 0 fully saturated rings. The standard InChI is InChI=1S/C13H11Br2FN4O/c1-6-2-9(15)10(16)4-11(6)19-13(21)8-3-7(14)5-18-12(8)20-17/h2-5H,17H2,1H3,(H,18,20)(H,19,21). The second kappa shape index (κ2) is 6.50. The van der Waals surface area contributed by atoms with Crippen LogP contribution in [0.4, 0.5) is 15.9 Å². The zero-order valence-electron chi connectivity index (χ0n) is 10.9. The number of hydrazine groups is 1. The topological polar surface area (TPSA) is 80.0 Å². The number of halogens is 3. The highest BCUT2D eigenvalue weighted by molar-refractivity contribution is 9.10. The van der Waals surface area contributed by atoms with E-state index in [0.29, 0.717) is 14.6 Å². The van der Waals surface area contributed by atoms with Gasteiger partial charge in [0, 0.05) is 16.4 Å². The number of aromatic nitrogens is 1. The summed E-state index contributed by atoms with van der Waals surface area (Å²) in [5.74, 6) is 4.66. The average molecular weight is 418 g/mol. The number of amides is 1. The number of hydrogen-bond donors (Lipinski definition) is 3. The zero-order chi connectivity index (χ0) is 15.6. The number of carbonyl (C=O) groups excluding carboxylic acids is 1. The SMILES string of the molecule is Cc1cc(Br)c(F)cc1NC(=O)c1cc(Br)cnc1NN. The first-order valence-corrected chi connectivity index (χ1v) is 7.40. The third-order valence-electron chi connectivity index (χ3n) is 2.75. The number of nitrogens with zero attached hydrogens (tertiary/aromatic N) is 1. The largest absolute Gasteiger partial charge is 0.322 e. The van der Waals surface area contributed by atoms with Crippen LogP contribution in [0.15, 0.2) is 33.3 Å². The lowest BCUT2D eigenvalue weighted by Gasteiger charge is -2.12. The van der Waals surface area contributed by atoms with Gasteiger partial charge in [0.25, 0.3) is 5.91 Å². The molecule has 1 aromatic carbocycles. The number of aryl methyl sites for hydroxylation is 1. The number of nitrogens with one attached hydrogen (secondary N) is 2. The Morgan fingerprint density at radius 2 is 2.05 bits per heavy atom. The Morgan fingerprint density at radius 1 is 1.33 bits per heavy atom. The molecule has 0 radical (unpaired) electrons. The minimum Gasteiger partial charge on any atom is -0.322 e. The molecule has 1 heterocycles. The maximum Gasteiger partial charge on any atom is 0.259 e. The van der Waals surface area contributed by atoms with E-state index in [9.17, 15) is 9.18 Å². The van der Waals surface area contributed by atoms with Crippen molar-refractivity contribution in [3.63, 3.8) is 0 Å². The van der Waals surface area contributed by atoms with Crippen molar-refractivity contribution < 1.29 is 9.18 Å². The Bertz CT molecular complexity index is 709. The predicted molar refractivity (Wildman–Crippen MR) is 86.5 cm³/mol. The van der Waals surface area contributed by atoms with Crippen LogP contribution in [0.25, 0.3) is 0 Å². The number of nitrogens with two attached hydrogens (primary N) is 1. The first-order chi connectivity index (χ1) is 9.92. The molecule has 0 atom stereocenters. The summed E-state index contributed by atoms with van der Waals surface area (Å²) >= 11 is 6.33. The molecule has 1 amide bonds. The summed E-state index contributed by atoms with van der Waals surface area (Å²) in [5, 5.41) is 2.64. The normalized spacial score (nSPS) is 10.3. The number of rotatable bonds is 3. The molecule has 0 saturated carbocycles. The molecule has 0 bridgehead atoms. The fraction of sp³-hybridized carbons (Fsp3) is 0.0769. The number of anilines is 2. The van der Waals surface area contributed by atoms with Gasteiger partial charge in [0.05, 0.1) is 10.0 Å². The van der Waals surface area contributed by atoms with E-state index >= 15 is 0 Å². The number of carbonyl (C=O) groups is 1. The molecule has 0 aliphatic carbocycles. The summed E-state index contributed by atoms with van der Waals surface area (Å²) in [4.78, 5) is 16.3. The minimum absolute atomic E-state index is 0.228. The summed E-state index contributed by atoms with van der Waals surface area (Å²) < 4.78 is 14.5. The highest BCUT2D eigenvalue weighted by atomic mass is 79.9. The molecular formula is C13H11Br2FN4O. The number of nitrogen functional groups attached to an aromatic ring is 1. The average Bonchev–Trinajstić information content (AvgIpc) is 2.44. The molecule has 0 aliphatic heterocycles. The van der Waals surface area contributed by atoms with Gasteiger partial charge in [0.2, 0.25) is 0 Å². The van der Waals surface area contributed by atoms with Crippen LogP contribution in [0.5, 0.6) is 0 Å². The smallest absolute Gasteiger partial charge is 0.259 e. The van der Waals surface area contributed by atoms with Gasteiger partial charge in [-0.25, -0.2) is 15.2 Å². The van der Waals surface area contributed by atoms with Crippen molar-refractivity contribution in [2.45, 2.75) is 6.92 Å². The molecule has 1 aromatic heterocycles. The number of benzene rings is 1. The molecule has 110 valence electrons. The summed E-state index contributed by atoms with van der Waals surface area (Å²) in [6.07, 6.45) is 1.51. The molecule has 5 nitrogen and oxygen atoms in total. The van der Waals surface area contributed by atoms with E-state index in [1.54, 1.807) is 19.1 Å². The monoisotopic (exact) mass is 416 g/mol. The fourth-order valence-corrected chi connectivity index (χ4v) is 2.49. The van der Waals surface area contributed by atoms with Gasteiger partial charge in [-0.3, -0.25) is 4.79 Å². The van der Waals surface area contributed by atoms with Crippen LogP contribution in [0.1, 0.15) is 15.9 Å². The van der Waals surface area contributed by atoms with Crippen molar-refractivity contribution in [1.29, 1.82) is 0 Å². The Hall–Kier alpha value is -1.51. The lowest BCUT2D eigenvalue weighted by Crippen LogP contribution is -2.19. The summed E-state index contributed by atoms with van der Waals surface area (Å²) in [5.41, 5.74) is 3.70. The van der Waals surface area contributed by atoms with Gasteiger partial charge in [0.15, 0.2) is 5.82 Å². The minimum atomic E-state index is -0.458. The van der Waals surface area contributed by atoms with Crippen molar-refractivity contribution >= 4 is 49.3 Å². The van der Waals surface area contributed by atoms with Crippen molar-refractivity contribution in [3.8, 4) is 0 Å². The number of hydrogen-bond acceptors (Lipinski definition) is 4. The van der Waals surface area contributed by atoms with Crippen LogP contribution in [-0.4, -0.2) is 10.9 Å². The van der Waals surface area contributed by atoms with Gasteiger partial charge in [-0.05, 0) is 62.5 Å². The second-order valence-electron chi connectivity index (χ2n) is 4.23. The lowest BCUT2D eigenvalue weighted by atomic mass is 10.1. The van der Waals surface area contributed by atoms with Crippen LogP contribution in [-0.2, 0) is 0 Å². The maximum atomic E-state index is 13.6. The van der Waals surface area contributed by atoms with Crippen molar-refractivity contribution in [1.82, 2.24) is 4.98 Å². The fourth-order valence-electron chi connectivity index (χ4n) is 1.70. The molecule has 0 saturated heterocycles. The number of pyridine rings is 1. The summed E-state index contributed by atoms with van der Waals surface area (Å²) in [6.45, 7) is 1.76. The molecule has 0 aliphatic rings. The molecule has 0 unspecified atom stereocenters. The van der Waals surface area contributed by atoms with Crippen LogP contribution < -0.4 is 16.6 Å². The second-order valence-corrected chi connectivity index (χ2v) is 6.00. The van der Waals surface area contributed by atoms with Crippen LogP contribution in [0, 0.1) is 12.7 Å². The van der Waals surface area contributed by atoms with E-state index in [1.165, 1.54) is 12.3 Å². The van der Waals surface area contributed by atoms with Gasteiger partial charge >= 0.3 is 0 Å². The Labute approximate surface area is 137 Å². The van der Waals surface area contributed by atoms with E-state index in [4.69, 9.17) is 5.84 Å². The van der Waals surface area contributed by atoms with Crippen LogP contribution >= 0.6 is 31.9 Å². The van der Waals surface area contributed by atoms with E-state index < -0.39 is 11.7 Å². The van der Waals surface area contributed by atoms with E-state index in [0.717, 1.165) is 5.56 Å².